The number of hydrogen-bond donors (Lipinski definition) is 2. The van der Waals surface area contributed by atoms with Gasteiger partial charge in [-0.1, -0.05) is 25.0 Å². The van der Waals surface area contributed by atoms with Gasteiger partial charge in [0.25, 0.3) is 0 Å². The summed E-state index contributed by atoms with van der Waals surface area (Å²) in [5.41, 5.74) is 5.94. The number of likely N-dealkylation sites (N-methyl/N-ethyl adjacent to an activating group) is 1. The van der Waals surface area contributed by atoms with Crippen molar-refractivity contribution in [3.05, 3.63) is 29.8 Å². The van der Waals surface area contributed by atoms with E-state index in [0.717, 1.165) is 44.5 Å². The summed E-state index contributed by atoms with van der Waals surface area (Å²) in [6.07, 6.45) is 4.49. The monoisotopic (exact) mass is 399 g/mol. The number of rotatable bonds is 13. The molecule has 0 unspecified atom stereocenters. The molecule has 0 radical (unpaired) electrons. The molecule has 0 fully saturated rings. The van der Waals surface area contributed by atoms with Crippen molar-refractivity contribution in [3.63, 3.8) is 0 Å². The number of nitrogens with one attached hydrogen (secondary N) is 1. The molecule has 0 saturated carbocycles. The summed E-state index contributed by atoms with van der Waals surface area (Å²) in [6, 6.07) is 7.11. The van der Waals surface area contributed by atoms with E-state index in [9.17, 15) is 8.42 Å². The average Bonchev–Trinajstić information content (AvgIpc) is 2.55. The Kier molecular flexibility index (Phi) is 10.5. The normalized spacial score (nSPS) is 12.7. The smallest absolute Gasteiger partial charge is 0.241 e. The summed E-state index contributed by atoms with van der Waals surface area (Å²) >= 11 is 0. The van der Waals surface area contributed by atoms with Crippen LogP contribution in [0.5, 0.6) is 0 Å². The number of hydrogen-bond acceptors (Lipinski definition) is 5. The molecule has 0 aliphatic carbocycles. The Labute approximate surface area is 165 Å². The van der Waals surface area contributed by atoms with Gasteiger partial charge in [0, 0.05) is 25.2 Å². The lowest BCUT2D eigenvalue weighted by molar-refractivity contribution is 0.106. The highest BCUT2D eigenvalue weighted by Gasteiger charge is 2.22. The van der Waals surface area contributed by atoms with Crippen molar-refractivity contribution in [1.82, 2.24) is 9.62 Å². The highest BCUT2D eigenvalue weighted by atomic mass is 32.2. The predicted molar refractivity (Wildman–Crippen MR) is 111 cm³/mol. The van der Waals surface area contributed by atoms with Gasteiger partial charge in [-0.15, -0.1) is 0 Å². The Morgan fingerprint density at radius 3 is 2.48 bits per heavy atom. The zero-order valence-electron chi connectivity index (χ0n) is 17.3. The fourth-order valence-corrected chi connectivity index (χ4v) is 4.18. The lowest BCUT2D eigenvalue weighted by Gasteiger charge is -2.21. The minimum atomic E-state index is -3.51. The number of nitrogens with two attached hydrogens (primary N) is 1. The van der Waals surface area contributed by atoms with E-state index in [4.69, 9.17) is 10.5 Å². The molecule has 0 heterocycles. The average molecular weight is 400 g/mol. The van der Waals surface area contributed by atoms with E-state index in [1.54, 1.807) is 18.2 Å². The van der Waals surface area contributed by atoms with Crippen LogP contribution in [-0.2, 0) is 21.3 Å². The summed E-state index contributed by atoms with van der Waals surface area (Å²) in [7, 11) is -1.50. The zero-order valence-corrected chi connectivity index (χ0v) is 18.1. The van der Waals surface area contributed by atoms with Crippen LogP contribution in [0.1, 0.15) is 52.0 Å². The molecule has 6 nitrogen and oxygen atoms in total. The number of nitrogens with zero attached hydrogens (tertiary/aromatic N) is 1. The second kappa shape index (κ2) is 11.8. The molecule has 7 heteroatoms. The Hall–Kier alpha value is -0.990. The van der Waals surface area contributed by atoms with Crippen molar-refractivity contribution < 1.29 is 13.2 Å². The molecule has 0 saturated heterocycles. The highest BCUT2D eigenvalue weighted by molar-refractivity contribution is 7.89. The first-order valence-electron chi connectivity index (χ1n) is 9.73. The van der Waals surface area contributed by atoms with Crippen LogP contribution in [-0.4, -0.2) is 52.2 Å². The molecular weight excluding hydrogens is 362 g/mol. The molecule has 1 aromatic rings. The lowest BCUT2D eigenvalue weighted by Crippen LogP contribution is -2.40. The van der Waals surface area contributed by atoms with Crippen LogP contribution in [0.3, 0.4) is 0 Å². The van der Waals surface area contributed by atoms with Gasteiger partial charge in [-0.3, -0.25) is 4.90 Å². The summed E-state index contributed by atoms with van der Waals surface area (Å²) in [4.78, 5) is 2.44. The number of sulfonamides is 1. The van der Waals surface area contributed by atoms with Crippen LogP contribution < -0.4 is 10.5 Å². The fourth-order valence-electron chi connectivity index (χ4n) is 2.69. The fraction of sp³-hybridized carbons (Fsp3) is 0.700. The molecule has 1 aromatic carbocycles. The molecule has 0 atom stereocenters. The van der Waals surface area contributed by atoms with E-state index in [1.807, 2.05) is 33.9 Å². The van der Waals surface area contributed by atoms with Crippen LogP contribution in [0.15, 0.2) is 29.2 Å². The quantitative estimate of drug-likeness (QED) is 0.498. The van der Waals surface area contributed by atoms with E-state index < -0.39 is 15.6 Å². The first-order chi connectivity index (χ1) is 12.6. The largest absolute Gasteiger partial charge is 0.380 e. The van der Waals surface area contributed by atoms with E-state index in [1.165, 1.54) is 6.42 Å². The minimum Gasteiger partial charge on any atom is -0.380 e. The van der Waals surface area contributed by atoms with Gasteiger partial charge in [0.2, 0.25) is 10.0 Å². The maximum atomic E-state index is 12.5. The number of unbranched alkanes of at least 4 members (excludes halogenated alkanes) is 3. The predicted octanol–water partition coefficient (Wildman–Crippen LogP) is 2.73. The topological polar surface area (TPSA) is 84.7 Å². The molecule has 0 aromatic heterocycles. The molecule has 0 spiro atoms. The van der Waals surface area contributed by atoms with E-state index in [0.29, 0.717) is 18.0 Å². The molecule has 0 bridgehead atoms. The van der Waals surface area contributed by atoms with Crippen LogP contribution in [0.25, 0.3) is 0 Å². The lowest BCUT2D eigenvalue weighted by atomic mass is 10.1. The van der Waals surface area contributed by atoms with Crippen LogP contribution in [0.4, 0.5) is 0 Å². The SMILES string of the molecule is CN(CCOCCCCCCN)Cc1cccc(S(=O)(=O)NC(C)(C)C)c1. The van der Waals surface area contributed by atoms with E-state index in [2.05, 4.69) is 9.62 Å². The van der Waals surface area contributed by atoms with Crippen molar-refractivity contribution in [2.24, 2.45) is 5.73 Å². The van der Waals surface area contributed by atoms with Crippen molar-refractivity contribution >= 4 is 10.0 Å². The van der Waals surface area contributed by atoms with Gasteiger partial charge in [-0.2, -0.15) is 0 Å². The van der Waals surface area contributed by atoms with Gasteiger partial charge in [-0.05, 0) is 64.9 Å². The van der Waals surface area contributed by atoms with Crippen LogP contribution in [0, 0.1) is 0 Å². The van der Waals surface area contributed by atoms with Gasteiger partial charge >= 0.3 is 0 Å². The summed E-state index contributed by atoms with van der Waals surface area (Å²) < 4.78 is 33.3. The molecule has 0 amide bonds. The van der Waals surface area contributed by atoms with Crippen molar-refractivity contribution in [2.45, 2.75) is 63.4 Å². The Bertz CT molecular complexity index is 642. The van der Waals surface area contributed by atoms with Gasteiger partial charge < -0.3 is 10.5 Å². The Morgan fingerprint density at radius 2 is 1.81 bits per heavy atom. The molecular formula is C20H37N3O3S. The zero-order chi connectivity index (χ0) is 20.3. The van der Waals surface area contributed by atoms with Gasteiger partial charge in [0.05, 0.1) is 11.5 Å². The molecule has 27 heavy (non-hydrogen) atoms. The second-order valence-corrected chi connectivity index (χ2v) is 9.74. The van der Waals surface area contributed by atoms with Gasteiger partial charge in [0.15, 0.2) is 0 Å². The first-order valence-corrected chi connectivity index (χ1v) is 11.2. The summed E-state index contributed by atoms with van der Waals surface area (Å²) in [6.45, 7) is 9.21. The van der Waals surface area contributed by atoms with Gasteiger partial charge in [-0.25, -0.2) is 13.1 Å². The summed E-state index contributed by atoms with van der Waals surface area (Å²) in [5, 5.41) is 0. The Morgan fingerprint density at radius 1 is 1.11 bits per heavy atom. The maximum Gasteiger partial charge on any atom is 0.241 e. The minimum absolute atomic E-state index is 0.303. The second-order valence-electron chi connectivity index (χ2n) is 8.06. The highest BCUT2D eigenvalue weighted by Crippen LogP contribution is 2.15. The molecule has 3 N–H and O–H groups in total. The Balaban J connectivity index is 2.41. The van der Waals surface area contributed by atoms with Gasteiger partial charge in [0.1, 0.15) is 0 Å². The number of benzene rings is 1. The van der Waals surface area contributed by atoms with E-state index >= 15 is 0 Å². The molecule has 1 rings (SSSR count). The van der Waals surface area contributed by atoms with Crippen LogP contribution >= 0.6 is 0 Å². The van der Waals surface area contributed by atoms with Crippen molar-refractivity contribution in [2.75, 3.05) is 33.4 Å². The standard InChI is InChI=1S/C20H37N3O3S/c1-20(2,3)22-27(24,25)19-11-9-10-18(16-19)17-23(4)13-15-26-14-8-6-5-7-12-21/h9-11,16,22H,5-8,12-15,17,21H2,1-4H3. The molecule has 156 valence electrons. The van der Waals surface area contributed by atoms with E-state index in [-0.39, 0.29) is 0 Å². The first kappa shape index (κ1) is 24.0. The van der Waals surface area contributed by atoms with Crippen molar-refractivity contribution in [3.8, 4) is 0 Å². The summed E-state index contributed by atoms with van der Waals surface area (Å²) in [5.74, 6) is 0. The third-order valence-corrected chi connectivity index (χ3v) is 5.72. The molecule has 0 aliphatic rings. The maximum absolute atomic E-state index is 12.5. The third kappa shape index (κ3) is 10.8. The third-order valence-electron chi connectivity index (χ3n) is 3.96. The van der Waals surface area contributed by atoms with Crippen LogP contribution in [0.2, 0.25) is 0 Å². The molecule has 0 aliphatic heterocycles. The van der Waals surface area contributed by atoms with Crippen molar-refractivity contribution in [1.29, 1.82) is 0 Å². The number of ether oxygens (including phenoxy) is 1.